The summed E-state index contributed by atoms with van der Waals surface area (Å²) in [5.41, 5.74) is 0.472. The van der Waals surface area contributed by atoms with E-state index in [2.05, 4.69) is 4.99 Å². The fraction of sp³-hybridized carbons (Fsp3) is 0.273. The van der Waals surface area contributed by atoms with Gasteiger partial charge in [0.25, 0.3) is 0 Å². The first-order chi connectivity index (χ1) is 7.99. The number of aromatic hydroxyl groups is 2. The van der Waals surface area contributed by atoms with Crippen molar-refractivity contribution >= 4 is 22.8 Å². The molecule has 6 heteroatoms. The molecule has 91 valence electrons. The van der Waals surface area contributed by atoms with Gasteiger partial charge in [-0.05, 0) is 19.1 Å². The smallest absolute Gasteiger partial charge is 0.318 e. The van der Waals surface area contributed by atoms with Crippen LogP contribution in [0.4, 0.5) is 0 Å². The minimum atomic E-state index is -0.892. The topological polar surface area (TPSA) is 90.1 Å². The molecule has 0 fully saturated rings. The average Bonchev–Trinajstić information content (AvgIpc) is 2.60. The van der Waals surface area contributed by atoms with E-state index < -0.39 is 11.2 Å². The monoisotopic (exact) mass is 254 g/mol. The number of nitrogens with zero attached hydrogens (tertiary/aromatic N) is 1. The third kappa shape index (κ3) is 2.21. The first-order valence-electron chi connectivity index (χ1n) is 5.03. The highest BCUT2D eigenvalue weighted by Gasteiger charge is 2.32. The summed E-state index contributed by atoms with van der Waals surface area (Å²) in [5, 5.41) is 27.8. The van der Waals surface area contributed by atoms with E-state index in [0.29, 0.717) is 22.4 Å². The first kappa shape index (κ1) is 11.8. The summed E-state index contributed by atoms with van der Waals surface area (Å²) < 4.78 is 0. The van der Waals surface area contributed by atoms with Gasteiger partial charge in [-0.3, -0.25) is 9.79 Å². The molecule has 1 aliphatic heterocycles. The van der Waals surface area contributed by atoms with Crippen LogP contribution in [0.25, 0.3) is 0 Å². The Labute approximate surface area is 102 Å². The van der Waals surface area contributed by atoms with E-state index in [4.69, 9.17) is 5.11 Å². The predicted molar refractivity (Wildman–Crippen MR) is 66.2 cm³/mol. The van der Waals surface area contributed by atoms with Crippen molar-refractivity contribution in [1.82, 2.24) is 0 Å². The van der Waals surface area contributed by atoms with Crippen LogP contribution in [0.3, 0.4) is 0 Å². The summed E-state index contributed by atoms with van der Waals surface area (Å²) in [6.07, 6.45) is 0. The Kier molecular flexibility index (Phi) is 2.97. The quantitative estimate of drug-likeness (QED) is 0.596. The Morgan fingerprint density at radius 2 is 2.12 bits per heavy atom. The number of hydrogen-bond donors (Lipinski definition) is 4. The number of carboxylic acid groups (broad SMARTS) is 1. The highest BCUT2D eigenvalue weighted by Crippen LogP contribution is 2.34. The lowest BCUT2D eigenvalue weighted by atomic mass is 10.2. The van der Waals surface area contributed by atoms with Gasteiger partial charge < -0.3 is 15.3 Å². The first-order valence-corrected chi connectivity index (χ1v) is 5.99. The number of aliphatic imine (C=N–C) groups is 1. The maximum absolute atomic E-state index is 10.9. The highest BCUT2D eigenvalue weighted by atomic mass is 32.2. The average molecular weight is 254 g/mol. The fourth-order valence-electron chi connectivity index (χ4n) is 1.65. The number of phenolic OH excluding ortho intramolecular Hbond substituents is 2. The molecular weight excluding hydrogens is 242 g/mol. The molecule has 0 bridgehead atoms. The molecule has 0 aromatic heterocycles. The fourth-order valence-corrected chi connectivity index (χ4v) is 2.88. The SMILES string of the molecule is CC1N=C(c2ccc(O)cc2O)[SH]C1C(=O)O. The molecule has 5 nitrogen and oxygen atoms in total. The molecule has 1 aromatic rings. The molecule has 0 saturated carbocycles. The lowest BCUT2D eigenvalue weighted by Crippen LogP contribution is -2.23. The molecule has 0 spiro atoms. The van der Waals surface area contributed by atoms with Crippen LogP contribution < -0.4 is 0 Å². The molecular formula is C11H12NO4S. The van der Waals surface area contributed by atoms with Crippen LogP contribution >= 0.6 is 11.8 Å². The van der Waals surface area contributed by atoms with Crippen molar-refractivity contribution in [2.45, 2.75) is 18.2 Å². The predicted octanol–water partition coefficient (Wildman–Crippen LogP) is 1.17. The van der Waals surface area contributed by atoms with Gasteiger partial charge in [-0.25, -0.2) is 0 Å². The van der Waals surface area contributed by atoms with E-state index in [0.717, 1.165) is 0 Å². The number of benzene rings is 1. The van der Waals surface area contributed by atoms with Gasteiger partial charge >= 0.3 is 5.97 Å². The summed E-state index contributed by atoms with van der Waals surface area (Å²) in [6.45, 7) is 1.73. The van der Waals surface area contributed by atoms with Crippen LogP contribution in [0.15, 0.2) is 23.2 Å². The van der Waals surface area contributed by atoms with E-state index in [1.807, 2.05) is 0 Å². The van der Waals surface area contributed by atoms with Gasteiger partial charge in [-0.1, -0.05) is 0 Å². The van der Waals surface area contributed by atoms with Crippen LogP contribution in [0.2, 0.25) is 0 Å². The van der Waals surface area contributed by atoms with Crippen LogP contribution in [0, 0.1) is 0 Å². The van der Waals surface area contributed by atoms with Crippen molar-refractivity contribution in [1.29, 1.82) is 0 Å². The molecule has 0 aliphatic carbocycles. The van der Waals surface area contributed by atoms with E-state index in [1.54, 1.807) is 6.92 Å². The maximum atomic E-state index is 10.9. The van der Waals surface area contributed by atoms with Crippen LogP contribution in [0.1, 0.15) is 12.5 Å². The minimum absolute atomic E-state index is 0.0376. The standard InChI is InChI=1S/C11H12NO4S/c1-5-9(11(15)16)17-10(12-5)7-3-2-6(13)4-8(7)14/h2-5,9,13-14,17H,1H3,(H,15,16). The molecule has 2 rings (SSSR count). The number of phenols is 2. The zero-order valence-electron chi connectivity index (χ0n) is 9.03. The van der Waals surface area contributed by atoms with Crippen molar-refractivity contribution in [3.05, 3.63) is 23.8 Å². The molecule has 1 aliphatic rings. The number of thiol groups is 1. The van der Waals surface area contributed by atoms with Crippen molar-refractivity contribution in [2.75, 3.05) is 0 Å². The second-order valence-electron chi connectivity index (χ2n) is 3.81. The summed E-state index contributed by atoms with van der Waals surface area (Å²) in [6, 6.07) is 3.88. The third-order valence-electron chi connectivity index (χ3n) is 2.52. The number of carbonyl (C=O) groups is 1. The van der Waals surface area contributed by atoms with E-state index in [1.165, 1.54) is 18.2 Å². The maximum Gasteiger partial charge on any atom is 0.318 e. The van der Waals surface area contributed by atoms with Crippen molar-refractivity contribution in [2.24, 2.45) is 4.99 Å². The molecule has 2 atom stereocenters. The van der Waals surface area contributed by atoms with Crippen LogP contribution in [-0.2, 0) is 4.79 Å². The molecule has 0 amide bonds. The van der Waals surface area contributed by atoms with E-state index >= 15 is 0 Å². The third-order valence-corrected chi connectivity index (χ3v) is 4.05. The van der Waals surface area contributed by atoms with E-state index in [-0.39, 0.29) is 17.5 Å². The normalized spacial score (nSPS) is 23.5. The summed E-state index contributed by atoms with van der Waals surface area (Å²) in [4.78, 5) is 15.2. The number of rotatable bonds is 2. The van der Waals surface area contributed by atoms with Gasteiger partial charge in [0, 0.05) is 11.6 Å². The van der Waals surface area contributed by atoms with Gasteiger partial charge in [-0.2, -0.15) is 11.8 Å². The number of carboxylic acids is 1. The molecule has 1 radical (unpaired) electrons. The molecule has 0 saturated heterocycles. The molecule has 1 heterocycles. The number of hydrogen-bond acceptors (Lipinski definition) is 4. The van der Waals surface area contributed by atoms with Crippen LogP contribution in [-0.4, -0.2) is 37.6 Å². The summed E-state index contributed by atoms with van der Waals surface area (Å²) in [5.74, 6) is -1.02. The Bertz CT molecular complexity index is 500. The Balaban J connectivity index is 2.31. The molecule has 17 heavy (non-hydrogen) atoms. The Morgan fingerprint density at radius 3 is 2.65 bits per heavy atom. The van der Waals surface area contributed by atoms with Gasteiger partial charge in [0.1, 0.15) is 16.7 Å². The second-order valence-corrected chi connectivity index (χ2v) is 5.05. The Hall–Kier alpha value is -1.69. The molecule has 1 aromatic carbocycles. The lowest BCUT2D eigenvalue weighted by molar-refractivity contribution is -0.136. The second kappa shape index (κ2) is 4.29. The van der Waals surface area contributed by atoms with Crippen molar-refractivity contribution in [3.63, 3.8) is 0 Å². The Morgan fingerprint density at radius 1 is 1.41 bits per heavy atom. The summed E-state index contributed by atoms with van der Waals surface area (Å²) in [7, 11) is 0. The van der Waals surface area contributed by atoms with Crippen molar-refractivity contribution < 1.29 is 20.1 Å². The minimum Gasteiger partial charge on any atom is -0.508 e. The lowest BCUT2D eigenvalue weighted by Gasteiger charge is -2.08. The molecule has 2 unspecified atom stereocenters. The largest absolute Gasteiger partial charge is 0.508 e. The van der Waals surface area contributed by atoms with E-state index in [9.17, 15) is 15.0 Å². The highest BCUT2D eigenvalue weighted by molar-refractivity contribution is 8.15. The van der Waals surface area contributed by atoms with Gasteiger partial charge in [0.15, 0.2) is 0 Å². The van der Waals surface area contributed by atoms with Gasteiger partial charge in [-0.15, -0.1) is 0 Å². The zero-order chi connectivity index (χ0) is 12.6. The molecule has 3 N–H and O–H groups in total. The van der Waals surface area contributed by atoms with Gasteiger partial charge in [0.2, 0.25) is 0 Å². The van der Waals surface area contributed by atoms with Gasteiger partial charge in [0.05, 0.1) is 11.1 Å². The van der Waals surface area contributed by atoms with Crippen LogP contribution in [0.5, 0.6) is 11.5 Å². The summed E-state index contributed by atoms with van der Waals surface area (Å²) >= 11 is 0.570. The zero-order valence-corrected chi connectivity index (χ0v) is 9.93. The van der Waals surface area contributed by atoms with Crippen molar-refractivity contribution in [3.8, 4) is 11.5 Å². The number of aliphatic carboxylic acids is 1.